The highest BCUT2D eigenvalue weighted by Crippen LogP contribution is 2.32. The Bertz CT molecular complexity index is 615. The minimum atomic E-state index is 0.102. The number of piperidine rings is 1. The van der Waals surface area contributed by atoms with Crippen LogP contribution in [0.3, 0.4) is 0 Å². The zero-order valence-electron chi connectivity index (χ0n) is 14.7. The van der Waals surface area contributed by atoms with E-state index < -0.39 is 0 Å². The zero-order chi connectivity index (χ0) is 17.3. The second-order valence-electron chi connectivity index (χ2n) is 6.39. The lowest BCUT2D eigenvalue weighted by molar-refractivity contribution is 0.0720. The molecule has 1 N–H and O–H groups in total. The van der Waals surface area contributed by atoms with Crippen molar-refractivity contribution in [3.8, 4) is 0 Å². The van der Waals surface area contributed by atoms with Crippen LogP contribution in [-0.2, 0) is 4.74 Å². The number of likely N-dealkylation sites (tertiary alicyclic amines) is 1. The number of benzene rings is 2. The van der Waals surface area contributed by atoms with Crippen molar-refractivity contribution in [2.24, 2.45) is 0 Å². The highest BCUT2D eigenvalue weighted by Gasteiger charge is 2.18. The molecule has 0 aromatic heterocycles. The molecule has 2 aromatic rings. The molecule has 2 aromatic carbocycles. The first kappa shape index (κ1) is 17.9. The molecule has 3 rings (SSSR count). The predicted molar refractivity (Wildman–Crippen MR) is 102 cm³/mol. The lowest BCUT2D eigenvalue weighted by atomic mass is 9.88. The summed E-state index contributed by atoms with van der Waals surface area (Å²) in [4.78, 5) is 2.45. The Morgan fingerprint density at radius 1 is 0.840 bits per heavy atom. The summed E-state index contributed by atoms with van der Waals surface area (Å²) < 4.78 is 5.39. The normalized spacial score (nSPS) is 15.3. The first-order valence-electron chi connectivity index (χ1n) is 9.12. The highest BCUT2D eigenvalue weighted by molar-refractivity contribution is 5.82. The molecule has 1 aliphatic heterocycles. The van der Waals surface area contributed by atoms with Crippen molar-refractivity contribution in [1.82, 2.24) is 4.90 Å². The summed E-state index contributed by atoms with van der Waals surface area (Å²) in [6.07, 6.45) is 2.19. The second kappa shape index (κ2) is 9.52. The molecule has 3 heteroatoms. The molecule has 1 fully saturated rings. The third-order valence-electron chi connectivity index (χ3n) is 4.73. The van der Waals surface area contributed by atoms with Crippen molar-refractivity contribution in [3.63, 3.8) is 0 Å². The van der Waals surface area contributed by atoms with Gasteiger partial charge in [0.25, 0.3) is 0 Å². The molecule has 1 aliphatic rings. The van der Waals surface area contributed by atoms with Gasteiger partial charge in [-0.05, 0) is 29.5 Å². The van der Waals surface area contributed by atoms with Crippen molar-refractivity contribution in [1.29, 1.82) is 0 Å². The van der Waals surface area contributed by atoms with Crippen molar-refractivity contribution >= 4 is 5.57 Å². The first-order valence-corrected chi connectivity index (χ1v) is 9.12. The van der Waals surface area contributed by atoms with E-state index in [-0.39, 0.29) is 6.61 Å². The summed E-state index contributed by atoms with van der Waals surface area (Å²) in [7, 11) is 0. The van der Waals surface area contributed by atoms with Crippen LogP contribution in [0, 0.1) is 0 Å². The Hall–Kier alpha value is -1.94. The second-order valence-corrected chi connectivity index (χ2v) is 6.39. The minimum absolute atomic E-state index is 0.102. The van der Waals surface area contributed by atoms with Crippen LogP contribution in [0.25, 0.3) is 5.57 Å². The molecule has 1 heterocycles. The van der Waals surface area contributed by atoms with Crippen LogP contribution < -0.4 is 0 Å². The largest absolute Gasteiger partial charge is 0.394 e. The number of aliphatic hydroxyl groups excluding tert-OH is 1. The molecule has 25 heavy (non-hydrogen) atoms. The monoisotopic (exact) mass is 337 g/mol. The summed E-state index contributed by atoms with van der Waals surface area (Å²) in [5, 5.41) is 8.77. The van der Waals surface area contributed by atoms with Crippen LogP contribution in [0.4, 0.5) is 0 Å². The van der Waals surface area contributed by atoms with Gasteiger partial charge >= 0.3 is 0 Å². The maximum absolute atomic E-state index is 8.77. The molecule has 0 bridgehead atoms. The lowest BCUT2D eigenvalue weighted by Crippen LogP contribution is -2.34. The maximum atomic E-state index is 8.77. The molecule has 0 saturated carbocycles. The van der Waals surface area contributed by atoms with Crippen LogP contribution >= 0.6 is 0 Å². The zero-order valence-corrected chi connectivity index (χ0v) is 14.7. The van der Waals surface area contributed by atoms with Gasteiger partial charge in [-0.1, -0.05) is 66.2 Å². The van der Waals surface area contributed by atoms with Gasteiger partial charge in [-0.2, -0.15) is 0 Å². The van der Waals surface area contributed by atoms with Gasteiger partial charge in [0.2, 0.25) is 0 Å². The van der Waals surface area contributed by atoms with Crippen LogP contribution in [0.15, 0.2) is 66.2 Å². The molecule has 0 aliphatic carbocycles. The van der Waals surface area contributed by atoms with Gasteiger partial charge in [0.15, 0.2) is 0 Å². The molecule has 132 valence electrons. The fourth-order valence-electron chi connectivity index (χ4n) is 3.44. The molecule has 0 unspecified atom stereocenters. The molecular weight excluding hydrogens is 310 g/mol. The van der Waals surface area contributed by atoms with Gasteiger partial charge in [-0.15, -0.1) is 0 Å². The molecule has 0 amide bonds. The maximum Gasteiger partial charge on any atom is 0.0698 e. The Kier molecular flexibility index (Phi) is 6.80. The average molecular weight is 337 g/mol. The number of ether oxygens (including phenoxy) is 1. The third-order valence-corrected chi connectivity index (χ3v) is 4.73. The molecule has 1 saturated heterocycles. The van der Waals surface area contributed by atoms with Crippen molar-refractivity contribution in [2.45, 2.75) is 12.8 Å². The van der Waals surface area contributed by atoms with Gasteiger partial charge in [0.1, 0.15) is 0 Å². The van der Waals surface area contributed by atoms with E-state index in [2.05, 4.69) is 65.6 Å². The summed E-state index contributed by atoms with van der Waals surface area (Å²) in [5.41, 5.74) is 5.56. The Labute approximate surface area is 150 Å². The summed E-state index contributed by atoms with van der Waals surface area (Å²) >= 11 is 0. The van der Waals surface area contributed by atoms with Gasteiger partial charge in [0, 0.05) is 19.6 Å². The smallest absolute Gasteiger partial charge is 0.0698 e. The van der Waals surface area contributed by atoms with E-state index >= 15 is 0 Å². The van der Waals surface area contributed by atoms with E-state index in [0.29, 0.717) is 13.2 Å². The van der Waals surface area contributed by atoms with Crippen LogP contribution in [0.5, 0.6) is 0 Å². The van der Waals surface area contributed by atoms with E-state index in [1.165, 1.54) is 16.7 Å². The molecule has 0 atom stereocenters. The number of aliphatic hydroxyl groups is 1. The quantitative estimate of drug-likeness (QED) is 0.784. The van der Waals surface area contributed by atoms with E-state index in [4.69, 9.17) is 9.84 Å². The number of rotatable bonds is 7. The predicted octanol–water partition coefficient (Wildman–Crippen LogP) is 3.59. The Balaban J connectivity index is 1.74. The molecule has 3 nitrogen and oxygen atoms in total. The van der Waals surface area contributed by atoms with Gasteiger partial charge < -0.3 is 14.7 Å². The summed E-state index contributed by atoms with van der Waals surface area (Å²) in [5.74, 6) is 0. The van der Waals surface area contributed by atoms with Crippen molar-refractivity contribution in [2.75, 3.05) is 39.5 Å². The third kappa shape index (κ3) is 5.02. The summed E-state index contributed by atoms with van der Waals surface area (Å²) in [6, 6.07) is 21.5. The van der Waals surface area contributed by atoms with E-state index in [0.717, 1.165) is 32.5 Å². The lowest BCUT2D eigenvalue weighted by Gasteiger charge is -2.30. The van der Waals surface area contributed by atoms with Crippen molar-refractivity contribution < 1.29 is 9.84 Å². The highest BCUT2D eigenvalue weighted by atomic mass is 16.5. The van der Waals surface area contributed by atoms with Crippen molar-refractivity contribution in [3.05, 3.63) is 77.4 Å². The topological polar surface area (TPSA) is 32.7 Å². The number of hydrogen-bond donors (Lipinski definition) is 1. The van der Waals surface area contributed by atoms with Crippen LogP contribution in [0.1, 0.15) is 24.0 Å². The van der Waals surface area contributed by atoms with E-state index in [1.807, 2.05) is 0 Å². The van der Waals surface area contributed by atoms with Crippen LogP contribution in [-0.4, -0.2) is 49.5 Å². The standard InChI is InChI=1S/C22H27NO2/c24-16-18-25-17-15-23-13-11-21(12-14-23)22(19-7-3-1-4-8-19)20-9-5-2-6-10-20/h1-10,24H,11-18H2. The molecule has 0 radical (unpaired) electrons. The number of hydrogen-bond acceptors (Lipinski definition) is 3. The Morgan fingerprint density at radius 3 is 1.92 bits per heavy atom. The van der Waals surface area contributed by atoms with Gasteiger partial charge in [-0.25, -0.2) is 0 Å². The molecular formula is C22H27NO2. The first-order chi connectivity index (χ1) is 12.4. The average Bonchev–Trinajstić information content (AvgIpc) is 2.68. The van der Waals surface area contributed by atoms with Gasteiger partial charge in [0.05, 0.1) is 19.8 Å². The van der Waals surface area contributed by atoms with E-state index in [9.17, 15) is 0 Å². The van der Waals surface area contributed by atoms with E-state index in [1.54, 1.807) is 5.57 Å². The fourth-order valence-corrected chi connectivity index (χ4v) is 3.44. The Morgan fingerprint density at radius 2 is 1.40 bits per heavy atom. The fraction of sp³-hybridized carbons (Fsp3) is 0.364. The van der Waals surface area contributed by atoms with Gasteiger partial charge in [-0.3, -0.25) is 0 Å². The SMILES string of the molecule is OCCOCCN1CCC(=C(c2ccccc2)c2ccccc2)CC1. The van der Waals surface area contributed by atoms with Crippen LogP contribution in [0.2, 0.25) is 0 Å². The summed E-state index contributed by atoms with van der Waals surface area (Å²) in [6.45, 7) is 4.32. The molecule has 0 spiro atoms. The number of nitrogens with zero attached hydrogens (tertiary/aromatic N) is 1. The minimum Gasteiger partial charge on any atom is -0.394 e.